The zero-order valence-corrected chi connectivity index (χ0v) is 6.88. The Morgan fingerprint density at radius 1 is 1.78 bits per heavy atom. The number of hydrogen-bond donors (Lipinski definition) is 1. The van der Waals surface area contributed by atoms with Gasteiger partial charge in [-0.1, -0.05) is 11.8 Å². The van der Waals surface area contributed by atoms with E-state index in [4.69, 9.17) is 5.73 Å². The van der Waals surface area contributed by atoms with Crippen LogP contribution in [0.1, 0.15) is 0 Å². The third kappa shape index (κ3) is 4.23. The number of ether oxygens (including phenoxy) is 1. The average Bonchev–Trinajstić information content (AvgIpc) is 1.87. The zero-order chi connectivity index (χ0) is 7.28. The SMILES string of the molecule is COC(=S)N=C(N)SC. The second-order valence-corrected chi connectivity index (χ2v) is 2.30. The number of amidine groups is 1. The van der Waals surface area contributed by atoms with Crippen LogP contribution in [0.25, 0.3) is 0 Å². The van der Waals surface area contributed by atoms with Gasteiger partial charge in [-0.25, -0.2) is 0 Å². The molecule has 0 aromatic heterocycles. The van der Waals surface area contributed by atoms with Gasteiger partial charge in [0, 0.05) is 0 Å². The molecule has 0 aliphatic carbocycles. The van der Waals surface area contributed by atoms with E-state index in [1.165, 1.54) is 18.9 Å². The van der Waals surface area contributed by atoms with E-state index in [1.54, 1.807) is 0 Å². The number of rotatable bonds is 0. The van der Waals surface area contributed by atoms with Gasteiger partial charge < -0.3 is 10.5 Å². The van der Waals surface area contributed by atoms with Crippen LogP contribution in [0.2, 0.25) is 0 Å². The number of nitrogens with two attached hydrogens (primary N) is 1. The molecule has 0 aromatic rings. The molecule has 3 nitrogen and oxygen atoms in total. The Bertz CT molecular complexity index is 135. The van der Waals surface area contributed by atoms with Gasteiger partial charge in [0.15, 0.2) is 5.17 Å². The smallest absolute Gasteiger partial charge is 0.285 e. The molecule has 0 aliphatic heterocycles. The van der Waals surface area contributed by atoms with Crippen LogP contribution >= 0.6 is 24.0 Å². The van der Waals surface area contributed by atoms with E-state index in [9.17, 15) is 0 Å². The van der Waals surface area contributed by atoms with Crippen LogP contribution in [0.15, 0.2) is 4.99 Å². The number of thioether (sulfide) groups is 1. The van der Waals surface area contributed by atoms with Crippen molar-refractivity contribution >= 4 is 34.3 Å². The molecule has 0 fully saturated rings. The predicted octanol–water partition coefficient (Wildman–Crippen LogP) is 0.595. The fourth-order valence-electron chi connectivity index (χ4n) is 0.181. The lowest BCUT2D eigenvalue weighted by Gasteiger charge is -1.94. The van der Waals surface area contributed by atoms with Crippen LogP contribution in [0.4, 0.5) is 0 Å². The molecule has 9 heavy (non-hydrogen) atoms. The number of thiocarbonyl (C=S) groups is 1. The lowest BCUT2D eigenvalue weighted by atomic mass is 11.2. The molecule has 2 N–H and O–H groups in total. The van der Waals surface area contributed by atoms with E-state index in [1.807, 2.05) is 6.26 Å². The van der Waals surface area contributed by atoms with E-state index >= 15 is 0 Å². The maximum Gasteiger partial charge on any atom is 0.285 e. The Morgan fingerprint density at radius 3 is 2.67 bits per heavy atom. The second-order valence-electron chi connectivity index (χ2n) is 1.12. The van der Waals surface area contributed by atoms with Crippen LogP contribution in [0, 0.1) is 0 Å². The van der Waals surface area contributed by atoms with Gasteiger partial charge in [0.25, 0.3) is 5.17 Å². The highest BCUT2D eigenvalue weighted by molar-refractivity contribution is 8.13. The van der Waals surface area contributed by atoms with Gasteiger partial charge in [0.2, 0.25) is 0 Å². The van der Waals surface area contributed by atoms with Gasteiger partial charge in [0.05, 0.1) is 7.11 Å². The fourth-order valence-corrected chi connectivity index (χ4v) is 0.512. The zero-order valence-electron chi connectivity index (χ0n) is 5.25. The van der Waals surface area contributed by atoms with E-state index in [2.05, 4.69) is 21.9 Å². The standard InChI is InChI=1S/C4H8N2OS2/c1-7-4(8)6-3(5)9-2/h1-2H3,(H2,5,6,8). The molecule has 0 unspecified atom stereocenters. The van der Waals surface area contributed by atoms with Crippen LogP contribution in [-0.4, -0.2) is 23.7 Å². The Kier molecular flexibility index (Phi) is 4.43. The van der Waals surface area contributed by atoms with Crippen molar-refractivity contribution in [2.75, 3.05) is 13.4 Å². The molecule has 0 saturated heterocycles. The van der Waals surface area contributed by atoms with Crippen LogP contribution in [0.5, 0.6) is 0 Å². The molecule has 5 heteroatoms. The molecule has 0 radical (unpaired) electrons. The summed E-state index contributed by atoms with van der Waals surface area (Å²) in [7, 11) is 1.46. The number of hydrogen-bond acceptors (Lipinski definition) is 3. The molecule has 0 atom stereocenters. The van der Waals surface area contributed by atoms with E-state index in [0.29, 0.717) is 5.17 Å². The molecule has 0 rings (SSSR count). The molecule has 52 valence electrons. The summed E-state index contributed by atoms with van der Waals surface area (Å²) in [6.45, 7) is 0. The molecular formula is C4H8N2OS2. The number of methoxy groups -OCH3 is 1. The van der Waals surface area contributed by atoms with Crippen molar-refractivity contribution in [3.8, 4) is 0 Å². The maximum atomic E-state index is 5.29. The first kappa shape index (κ1) is 8.71. The normalized spacial score (nSPS) is 11.1. The monoisotopic (exact) mass is 164 g/mol. The van der Waals surface area contributed by atoms with Gasteiger partial charge >= 0.3 is 0 Å². The molecule has 0 amide bonds. The van der Waals surface area contributed by atoms with Gasteiger partial charge in [-0.2, -0.15) is 4.99 Å². The number of aliphatic imine (C=N–C) groups is 1. The minimum absolute atomic E-state index is 0.168. The highest BCUT2D eigenvalue weighted by Gasteiger charge is 1.90. The highest BCUT2D eigenvalue weighted by Crippen LogP contribution is 1.92. The topological polar surface area (TPSA) is 47.6 Å². The summed E-state index contributed by atoms with van der Waals surface area (Å²) in [5.74, 6) is 0. The first-order valence-corrected chi connectivity index (χ1v) is 3.80. The minimum atomic E-state index is 0.168. The maximum absolute atomic E-state index is 5.29. The summed E-state index contributed by atoms with van der Waals surface area (Å²) >= 11 is 5.92. The van der Waals surface area contributed by atoms with Crippen molar-refractivity contribution in [3.05, 3.63) is 0 Å². The summed E-state index contributed by atoms with van der Waals surface area (Å²) in [5, 5.41) is 0.587. The molecule has 0 heterocycles. The van der Waals surface area contributed by atoms with E-state index in [-0.39, 0.29) is 5.17 Å². The molecule has 0 spiro atoms. The lowest BCUT2D eigenvalue weighted by Crippen LogP contribution is -2.08. The van der Waals surface area contributed by atoms with E-state index in [0.717, 1.165) is 0 Å². The van der Waals surface area contributed by atoms with Crippen LogP contribution < -0.4 is 5.73 Å². The number of nitrogens with zero attached hydrogens (tertiary/aromatic N) is 1. The second kappa shape index (κ2) is 4.58. The Morgan fingerprint density at radius 2 is 2.33 bits per heavy atom. The third-order valence-corrected chi connectivity index (χ3v) is 1.35. The molecule has 0 aliphatic rings. The third-order valence-electron chi connectivity index (χ3n) is 0.585. The highest BCUT2D eigenvalue weighted by atomic mass is 32.2. The summed E-state index contributed by atoms with van der Waals surface area (Å²) in [5.41, 5.74) is 5.29. The summed E-state index contributed by atoms with van der Waals surface area (Å²) in [6, 6.07) is 0. The van der Waals surface area contributed by atoms with Crippen LogP contribution in [-0.2, 0) is 4.74 Å². The molecular weight excluding hydrogens is 156 g/mol. The predicted molar refractivity (Wildman–Crippen MR) is 44.7 cm³/mol. The molecule has 0 bridgehead atoms. The Labute approximate surface area is 63.7 Å². The first-order chi connectivity index (χ1) is 4.20. The summed E-state index contributed by atoms with van der Waals surface area (Å²) in [4.78, 5) is 3.68. The summed E-state index contributed by atoms with van der Waals surface area (Å²) in [6.07, 6.45) is 1.82. The Hall–Kier alpha value is -0.290. The van der Waals surface area contributed by atoms with Crippen molar-refractivity contribution in [2.24, 2.45) is 10.7 Å². The van der Waals surface area contributed by atoms with Crippen molar-refractivity contribution in [3.63, 3.8) is 0 Å². The van der Waals surface area contributed by atoms with Gasteiger partial charge in [-0.3, -0.25) is 0 Å². The van der Waals surface area contributed by atoms with Crippen molar-refractivity contribution < 1.29 is 4.74 Å². The average molecular weight is 164 g/mol. The first-order valence-electron chi connectivity index (χ1n) is 2.16. The lowest BCUT2D eigenvalue weighted by molar-refractivity contribution is 0.409. The van der Waals surface area contributed by atoms with Gasteiger partial charge in [-0.15, -0.1) is 0 Å². The Balaban J connectivity index is 3.79. The van der Waals surface area contributed by atoms with Gasteiger partial charge in [-0.05, 0) is 18.5 Å². The minimum Gasteiger partial charge on any atom is -0.473 e. The molecule has 0 aromatic carbocycles. The van der Waals surface area contributed by atoms with Crippen molar-refractivity contribution in [2.45, 2.75) is 0 Å². The quantitative estimate of drug-likeness (QED) is 0.323. The summed E-state index contributed by atoms with van der Waals surface area (Å²) < 4.78 is 4.57. The van der Waals surface area contributed by atoms with Crippen molar-refractivity contribution in [1.29, 1.82) is 0 Å². The van der Waals surface area contributed by atoms with Crippen molar-refractivity contribution in [1.82, 2.24) is 0 Å². The fraction of sp³-hybridized carbons (Fsp3) is 0.500. The van der Waals surface area contributed by atoms with E-state index < -0.39 is 0 Å². The van der Waals surface area contributed by atoms with Crippen LogP contribution in [0.3, 0.4) is 0 Å². The largest absolute Gasteiger partial charge is 0.473 e. The molecule has 0 saturated carbocycles. The van der Waals surface area contributed by atoms with Gasteiger partial charge in [0.1, 0.15) is 0 Å².